The highest BCUT2D eigenvalue weighted by Crippen LogP contribution is 2.29. The summed E-state index contributed by atoms with van der Waals surface area (Å²) in [4.78, 5) is 29.1. The summed E-state index contributed by atoms with van der Waals surface area (Å²) in [6.07, 6.45) is 0.779. The molecule has 2 amide bonds. The Morgan fingerprint density at radius 3 is 2.21 bits per heavy atom. The maximum atomic E-state index is 13.9. The van der Waals surface area contributed by atoms with Crippen molar-refractivity contribution in [1.29, 1.82) is 0 Å². The molecule has 3 aromatic rings. The second-order valence-electron chi connectivity index (χ2n) is 9.39. The van der Waals surface area contributed by atoms with Crippen LogP contribution in [0.1, 0.15) is 43.0 Å². The molecular formula is C31H37FN2O5. The number of carbonyl (C=O) groups is 2. The van der Waals surface area contributed by atoms with Crippen LogP contribution in [0.2, 0.25) is 0 Å². The van der Waals surface area contributed by atoms with E-state index in [1.165, 1.54) is 19.2 Å². The predicted octanol–water partition coefficient (Wildman–Crippen LogP) is 5.09. The molecule has 3 rings (SSSR count). The first kappa shape index (κ1) is 29.6. The Labute approximate surface area is 229 Å². The fourth-order valence-corrected chi connectivity index (χ4v) is 4.18. The summed E-state index contributed by atoms with van der Waals surface area (Å²) in [5.74, 6) is 0.129. The minimum atomic E-state index is -0.894. The average molecular weight is 537 g/mol. The van der Waals surface area contributed by atoms with Gasteiger partial charge in [-0.15, -0.1) is 0 Å². The van der Waals surface area contributed by atoms with Gasteiger partial charge in [0.15, 0.2) is 11.5 Å². The van der Waals surface area contributed by atoms with Gasteiger partial charge in [0.05, 0.1) is 26.7 Å². The number of rotatable bonds is 14. The lowest BCUT2D eigenvalue weighted by molar-refractivity contribution is -0.141. The van der Waals surface area contributed by atoms with E-state index in [1.54, 1.807) is 42.3 Å². The van der Waals surface area contributed by atoms with Crippen molar-refractivity contribution in [1.82, 2.24) is 10.2 Å². The van der Waals surface area contributed by atoms with Gasteiger partial charge in [0, 0.05) is 19.7 Å². The van der Waals surface area contributed by atoms with Crippen molar-refractivity contribution in [3.05, 3.63) is 95.3 Å². The van der Waals surface area contributed by atoms with Crippen molar-refractivity contribution in [3.8, 4) is 11.5 Å². The zero-order valence-corrected chi connectivity index (χ0v) is 23.0. The first-order valence-electron chi connectivity index (χ1n) is 13.0. The molecule has 7 nitrogen and oxygen atoms in total. The van der Waals surface area contributed by atoms with E-state index in [4.69, 9.17) is 14.2 Å². The van der Waals surface area contributed by atoms with Gasteiger partial charge in [0.2, 0.25) is 11.8 Å². The van der Waals surface area contributed by atoms with Crippen LogP contribution in [-0.2, 0) is 27.3 Å². The predicted molar refractivity (Wildman–Crippen MR) is 148 cm³/mol. The number of methoxy groups -OCH3 is 2. The molecule has 8 heteroatoms. The summed E-state index contributed by atoms with van der Waals surface area (Å²) in [6.45, 7) is 4.97. The standard InChI is InChI=1S/C31H37FN2O5/c1-22(2)39-18-8-17-33-31(36)30(25-9-6-5-7-10-25)34(21-23-11-14-26(32)15-12-23)29(35)20-24-13-16-27(37-3)28(19-24)38-4/h5-7,9-16,19,22,30H,8,17-18,20-21H2,1-4H3,(H,33,36). The molecule has 0 saturated heterocycles. The fraction of sp³-hybridized carbons (Fsp3) is 0.355. The molecular weight excluding hydrogens is 499 g/mol. The van der Waals surface area contributed by atoms with Crippen LogP contribution in [0, 0.1) is 5.82 Å². The second kappa shape index (κ2) is 14.9. The highest BCUT2D eigenvalue weighted by molar-refractivity contribution is 5.89. The third-order valence-electron chi connectivity index (χ3n) is 6.14. The van der Waals surface area contributed by atoms with Gasteiger partial charge in [-0.1, -0.05) is 48.5 Å². The monoisotopic (exact) mass is 536 g/mol. The Balaban J connectivity index is 1.92. The largest absolute Gasteiger partial charge is 0.493 e. The smallest absolute Gasteiger partial charge is 0.247 e. The van der Waals surface area contributed by atoms with Crippen LogP contribution < -0.4 is 14.8 Å². The van der Waals surface area contributed by atoms with Gasteiger partial charge in [-0.25, -0.2) is 4.39 Å². The molecule has 1 atom stereocenters. The number of carbonyl (C=O) groups excluding carboxylic acids is 2. The summed E-state index contributed by atoms with van der Waals surface area (Å²) in [5, 5.41) is 2.97. The van der Waals surface area contributed by atoms with Gasteiger partial charge in [-0.05, 0) is 61.2 Å². The van der Waals surface area contributed by atoms with E-state index in [-0.39, 0.29) is 36.7 Å². The van der Waals surface area contributed by atoms with Gasteiger partial charge >= 0.3 is 0 Å². The maximum absolute atomic E-state index is 13.9. The van der Waals surface area contributed by atoms with Gasteiger partial charge in [0.25, 0.3) is 0 Å². The van der Waals surface area contributed by atoms with Crippen molar-refractivity contribution in [2.75, 3.05) is 27.4 Å². The molecule has 0 bridgehead atoms. The molecule has 0 aliphatic rings. The first-order valence-corrected chi connectivity index (χ1v) is 13.0. The SMILES string of the molecule is COc1ccc(CC(=O)N(Cc2ccc(F)cc2)C(C(=O)NCCCOC(C)C)c2ccccc2)cc1OC. The minimum absolute atomic E-state index is 0.0282. The zero-order valence-electron chi connectivity index (χ0n) is 23.0. The van der Waals surface area contributed by atoms with Gasteiger partial charge in [0.1, 0.15) is 11.9 Å². The van der Waals surface area contributed by atoms with Crippen LogP contribution in [0.3, 0.4) is 0 Å². The Morgan fingerprint density at radius 2 is 1.56 bits per heavy atom. The molecule has 208 valence electrons. The molecule has 0 fully saturated rings. The van der Waals surface area contributed by atoms with Crippen LogP contribution in [0.25, 0.3) is 0 Å². The highest BCUT2D eigenvalue weighted by Gasteiger charge is 2.31. The highest BCUT2D eigenvalue weighted by atomic mass is 19.1. The summed E-state index contributed by atoms with van der Waals surface area (Å²) < 4.78 is 29.9. The van der Waals surface area contributed by atoms with E-state index in [0.29, 0.717) is 47.8 Å². The quantitative estimate of drug-likeness (QED) is 0.291. The molecule has 39 heavy (non-hydrogen) atoms. The molecule has 0 aromatic heterocycles. The van der Waals surface area contributed by atoms with Crippen LogP contribution in [0.4, 0.5) is 4.39 Å². The summed E-state index contributed by atoms with van der Waals surface area (Å²) in [5.41, 5.74) is 2.09. The molecule has 0 spiro atoms. The number of amides is 2. The van der Waals surface area contributed by atoms with Crippen LogP contribution >= 0.6 is 0 Å². The fourth-order valence-electron chi connectivity index (χ4n) is 4.18. The van der Waals surface area contributed by atoms with Gasteiger partial charge < -0.3 is 24.4 Å². The van der Waals surface area contributed by atoms with Crippen LogP contribution in [-0.4, -0.2) is 50.2 Å². The normalized spacial score (nSPS) is 11.6. The molecule has 0 radical (unpaired) electrons. The van der Waals surface area contributed by atoms with Crippen molar-refractivity contribution in [3.63, 3.8) is 0 Å². The van der Waals surface area contributed by atoms with E-state index < -0.39 is 6.04 Å². The van der Waals surface area contributed by atoms with Crippen molar-refractivity contribution < 1.29 is 28.2 Å². The van der Waals surface area contributed by atoms with Crippen molar-refractivity contribution >= 4 is 11.8 Å². The number of hydrogen-bond acceptors (Lipinski definition) is 5. The lowest BCUT2D eigenvalue weighted by atomic mass is 10.0. The van der Waals surface area contributed by atoms with Crippen molar-refractivity contribution in [2.45, 2.75) is 45.4 Å². The lowest BCUT2D eigenvalue weighted by Gasteiger charge is -2.32. The number of halogens is 1. The molecule has 1 unspecified atom stereocenters. The number of nitrogens with zero attached hydrogens (tertiary/aromatic N) is 1. The number of ether oxygens (including phenoxy) is 3. The number of nitrogens with one attached hydrogen (secondary N) is 1. The van der Waals surface area contributed by atoms with E-state index in [0.717, 1.165) is 0 Å². The maximum Gasteiger partial charge on any atom is 0.247 e. The lowest BCUT2D eigenvalue weighted by Crippen LogP contribution is -2.44. The molecule has 0 heterocycles. The van der Waals surface area contributed by atoms with Crippen LogP contribution in [0.5, 0.6) is 11.5 Å². The van der Waals surface area contributed by atoms with E-state index in [9.17, 15) is 14.0 Å². The first-order chi connectivity index (χ1) is 18.8. The molecule has 0 aliphatic heterocycles. The number of hydrogen-bond donors (Lipinski definition) is 1. The third kappa shape index (κ3) is 8.82. The zero-order chi connectivity index (χ0) is 28.2. The van der Waals surface area contributed by atoms with Crippen LogP contribution in [0.15, 0.2) is 72.8 Å². The summed E-state index contributed by atoms with van der Waals surface area (Å²) >= 11 is 0. The summed E-state index contributed by atoms with van der Waals surface area (Å²) in [7, 11) is 3.08. The molecule has 1 N–H and O–H groups in total. The number of benzene rings is 3. The van der Waals surface area contributed by atoms with Gasteiger partial charge in [-0.2, -0.15) is 0 Å². The Bertz CT molecular complexity index is 1200. The molecule has 0 saturated carbocycles. The Hall–Kier alpha value is -3.91. The minimum Gasteiger partial charge on any atom is -0.493 e. The molecule has 0 aliphatic carbocycles. The second-order valence-corrected chi connectivity index (χ2v) is 9.39. The molecule has 3 aromatic carbocycles. The van der Waals surface area contributed by atoms with E-state index in [1.807, 2.05) is 44.2 Å². The van der Waals surface area contributed by atoms with E-state index >= 15 is 0 Å². The average Bonchev–Trinajstić information content (AvgIpc) is 2.93. The Morgan fingerprint density at radius 1 is 0.897 bits per heavy atom. The van der Waals surface area contributed by atoms with Crippen molar-refractivity contribution in [2.24, 2.45) is 0 Å². The Kier molecular flexibility index (Phi) is 11.3. The topological polar surface area (TPSA) is 77.1 Å². The summed E-state index contributed by atoms with van der Waals surface area (Å²) in [6, 6.07) is 19.5. The van der Waals surface area contributed by atoms with E-state index in [2.05, 4.69) is 5.32 Å². The van der Waals surface area contributed by atoms with Gasteiger partial charge in [-0.3, -0.25) is 9.59 Å². The third-order valence-corrected chi connectivity index (χ3v) is 6.14.